The number of phenols is 1. The van der Waals surface area contributed by atoms with Gasteiger partial charge in [0.05, 0.1) is 5.56 Å². The monoisotopic (exact) mass is 272 g/mol. The van der Waals surface area contributed by atoms with E-state index in [1.807, 2.05) is 26.0 Å². The Labute approximate surface area is 118 Å². The number of benzene rings is 1. The summed E-state index contributed by atoms with van der Waals surface area (Å²) in [6, 6.07) is 7.26. The van der Waals surface area contributed by atoms with Gasteiger partial charge in [-0.25, -0.2) is 9.97 Å². The molecule has 2 aromatic rings. The van der Waals surface area contributed by atoms with E-state index in [1.54, 1.807) is 18.3 Å². The van der Waals surface area contributed by atoms with Gasteiger partial charge in [0.15, 0.2) is 5.82 Å². The number of hydrogen-bond acceptors (Lipinski definition) is 5. The minimum atomic E-state index is 0.0980. The zero-order valence-corrected chi connectivity index (χ0v) is 11.8. The van der Waals surface area contributed by atoms with Crippen LogP contribution in [0.5, 0.6) is 5.75 Å². The molecule has 2 rings (SSSR count). The Morgan fingerprint density at radius 1 is 1.35 bits per heavy atom. The second-order valence-electron chi connectivity index (χ2n) is 4.84. The number of nitrogens with zero attached hydrogens (tertiary/aromatic N) is 2. The highest BCUT2D eigenvalue weighted by atomic mass is 16.3. The lowest BCUT2D eigenvalue weighted by Crippen LogP contribution is -2.28. The fraction of sp³-hybridized carbons (Fsp3) is 0.333. The lowest BCUT2D eigenvalue weighted by Gasteiger charge is -2.11. The van der Waals surface area contributed by atoms with Gasteiger partial charge < -0.3 is 16.2 Å². The molecule has 106 valence electrons. The molecule has 0 amide bonds. The summed E-state index contributed by atoms with van der Waals surface area (Å²) in [4.78, 5) is 8.63. The largest absolute Gasteiger partial charge is 0.507 e. The maximum absolute atomic E-state index is 9.92. The SMILES string of the molecule is CCC(N)CNc1ccnc(-c2cc(C)ccc2O)n1. The van der Waals surface area contributed by atoms with Crippen LogP contribution in [0, 0.1) is 6.92 Å². The van der Waals surface area contributed by atoms with E-state index in [9.17, 15) is 5.11 Å². The normalized spacial score (nSPS) is 12.2. The highest BCUT2D eigenvalue weighted by Crippen LogP contribution is 2.27. The van der Waals surface area contributed by atoms with Gasteiger partial charge >= 0.3 is 0 Å². The summed E-state index contributed by atoms with van der Waals surface area (Å²) in [6.07, 6.45) is 2.58. The molecular weight excluding hydrogens is 252 g/mol. The van der Waals surface area contributed by atoms with E-state index in [-0.39, 0.29) is 11.8 Å². The predicted octanol–water partition coefficient (Wildman–Crippen LogP) is 2.31. The van der Waals surface area contributed by atoms with Gasteiger partial charge in [0, 0.05) is 18.8 Å². The predicted molar refractivity (Wildman–Crippen MR) is 80.6 cm³/mol. The van der Waals surface area contributed by atoms with E-state index >= 15 is 0 Å². The summed E-state index contributed by atoms with van der Waals surface area (Å²) in [7, 11) is 0. The second kappa shape index (κ2) is 6.34. The van der Waals surface area contributed by atoms with E-state index in [0.717, 1.165) is 12.0 Å². The summed E-state index contributed by atoms with van der Waals surface area (Å²) in [5.41, 5.74) is 7.55. The molecule has 0 saturated carbocycles. The molecule has 0 spiro atoms. The van der Waals surface area contributed by atoms with E-state index < -0.39 is 0 Å². The van der Waals surface area contributed by atoms with E-state index in [4.69, 9.17) is 5.73 Å². The third kappa shape index (κ3) is 3.45. The first-order valence-electron chi connectivity index (χ1n) is 6.72. The van der Waals surface area contributed by atoms with Crippen LogP contribution >= 0.6 is 0 Å². The van der Waals surface area contributed by atoms with Crippen molar-refractivity contribution >= 4 is 5.82 Å². The lowest BCUT2D eigenvalue weighted by atomic mass is 10.1. The average Bonchev–Trinajstić information content (AvgIpc) is 2.47. The van der Waals surface area contributed by atoms with Gasteiger partial charge in [0.2, 0.25) is 0 Å². The Hall–Kier alpha value is -2.14. The number of rotatable bonds is 5. The fourth-order valence-electron chi connectivity index (χ4n) is 1.80. The Bertz CT molecular complexity index is 586. The van der Waals surface area contributed by atoms with Crippen molar-refractivity contribution in [2.45, 2.75) is 26.3 Å². The van der Waals surface area contributed by atoms with Gasteiger partial charge in [-0.1, -0.05) is 18.6 Å². The molecule has 1 aromatic heterocycles. The van der Waals surface area contributed by atoms with E-state index in [1.165, 1.54) is 0 Å². The third-order valence-corrected chi connectivity index (χ3v) is 3.12. The van der Waals surface area contributed by atoms with Crippen LogP contribution in [-0.4, -0.2) is 27.7 Å². The summed E-state index contributed by atoms with van der Waals surface area (Å²) >= 11 is 0. The number of nitrogens with one attached hydrogen (secondary N) is 1. The van der Waals surface area contributed by atoms with Crippen LogP contribution in [0.2, 0.25) is 0 Å². The third-order valence-electron chi connectivity index (χ3n) is 3.12. The van der Waals surface area contributed by atoms with Gasteiger partial charge in [-0.2, -0.15) is 0 Å². The standard InChI is InChI=1S/C15H20N4O/c1-3-11(16)9-18-14-6-7-17-15(19-14)12-8-10(2)4-5-13(12)20/h4-8,11,20H,3,9,16H2,1-2H3,(H,17,18,19). The molecule has 0 aliphatic carbocycles. The summed E-state index contributed by atoms with van der Waals surface area (Å²) < 4.78 is 0. The van der Waals surface area contributed by atoms with Gasteiger partial charge in [-0.3, -0.25) is 0 Å². The van der Waals surface area contributed by atoms with Crippen molar-refractivity contribution in [3.8, 4) is 17.1 Å². The first-order chi connectivity index (χ1) is 9.60. The maximum Gasteiger partial charge on any atom is 0.165 e. The molecule has 0 bridgehead atoms. The Kier molecular flexibility index (Phi) is 4.53. The Balaban J connectivity index is 2.23. The zero-order chi connectivity index (χ0) is 14.5. The molecule has 0 aliphatic rings. The van der Waals surface area contributed by atoms with Crippen molar-refractivity contribution in [2.24, 2.45) is 5.73 Å². The van der Waals surface area contributed by atoms with Crippen molar-refractivity contribution in [1.29, 1.82) is 0 Å². The molecule has 5 nitrogen and oxygen atoms in total. The molecule has 20 heavy (non-hydrogen) atoms. The Morgan fingerprint density at radius 3 is 2.90 bits per heavy atom. The number of nitrogens with two attached hydrogens (primary N) is 1. The number of anilines is 1. The first kappa shape index (κ1) is 14.3. The second-order valence-corrected chi connectivity index (χ2v) is 4.84. The number of aromatic hydroxyl groups is 1. The lowest BCUT2D eigenvalue weighted by molar-refractivity contribution is 0.476. The van der Waals surface area contributed by atoms with E-state index in [2.05, 4.69) is 15.3 Å². The van der Waals surface area contributed by atoms with Crippen LogP contribution in [0.25, 0.3) is 11.4 Å². The summed E-state index contributed by atoms with van der Waals surface area (Å²) in [5, 5.41) is 13.1. The van der Waals surface area contributed by atoms with Crippen LogP contribution in [-0.2, 0) is 0 Å². The molecule has 0 fully saturated rings. The van der Waals surface area contributed by atoms with Crippen molar-refractivity contribution < 1.29 is 5.11 Å². The van der Waals surface area contributed by atoms with Gasteiger partial charge in [0.1, 0.15) is 11.6 Å². The highest BCUT2D eigenvalue weighted by Gasteiger charge is 2.08. The van der Waals surface area contributed by atoms with Crippen molar-refractivity contribution in [1.82, 2.24) is 9.97 Å². The number of aryl methyl sites for hydroxylation is 1. The summed E-state index contributed by atoms with van der Waals surface area (Å²) in [5.74, 6) is 1.39. The Morgan fingerprint density at radius 2 is 2.15 bits per heavy atom. The first-order valence-corrected chi connectivity index (χ1v) is 6.72. The average molecular weight is 272 g/mol. The molecule has 1 atom stereocenters. The maximum atomic E-state index is 9.92. The minimum absolute atomic E-state index is 0.0980. The topological polar surface area (TPSA) is 84.1 Å². The zero-order valence-electron chi connectivity index (χ0n) is 11.8. The molecule has 1 unspecified atom stereocenters. The quantitative estimate of drug-likeness (QED) is 0.778. The smallest absolute Gasteiger partial charge is 0.165 e. The molecule has 1 heterocycles. The van der Waals surface area contributed by atoms with Crippen LogP contribution in [0.4, 0.5) is 5.82 Å². The molecule has 4 N–H and O–H groups in total. The number of aromatic nitrogens is 2. The molecule has 0 radical (unpaired) electrons. The van der Waals surface area contributed by atoms with Crippen LogP contribution < -0.4 is 11.1 Å². The van der Waals surface area contributed by atoms with Gasteiger partial charge in [-0.05, 0) is 31.5 Å². The summed E-state index contributed by atoms with van der Waals surface area (Å²) in [6.45, 7) is 4.67. The molecule has 5 heteroatoms. The van der Waals surface area contributed by atoms with Crippen LogP contribution in [0.1, 0.15) is 18.9 Å². The van der Waals surface area contributed by atoms with Crippen molar-refractivity contribution in [2.75, 3.05) is 11.9 Å². The molecule has 0 aliphatic heterocycles. The van der Waals surface area contributed by atoms with Gasteiger partial charge in [0.25, 0.3) is 0 Å². The van der Waals surface area contributed by atoms with Crippen molar-refractivity contribution in [3.05, 3.63) is 36.0 Å². The highest BCUT2D eigenvalue weighted by molar-refractivity contribution is 5.65. The molecule has 0 saturated heterocycles. The molecule has 1 aromatic carbocycles. The van der Waals surface area contributed by atoms with E-state index in [0.29, 0.717) is 23.8 Å². The fourth-order valence-corrected chi connectivity index (χ4v) is 1.80. The van der Waals surface area contributed by atoms with Crippen molar-refractivity contribution in [3.63, 3.8) is 0 Å². The van der Waals surface area contributed by atoms with Crippen LogP contribution in [0.3, 0.4) is 0 Å². The molecular formula is C15H20N4O. The minimum Gasteiger partial charge on any atom is -0.507 e. The van der Waals surface area contributed by atoms with Crippen LogP contribution in [0.15, 0.2) is 30.5 Å². The van der Waals surface area contributed by atoms with Gasteiger partial charge in [-0.15, -0.1) is 0 Å². The number of hydrogen-bond donors (Lipinski definition) is 3. The number of phenolic OH excluding ortho intramolecular Hbond substituents is 1.